The predicted octanol–water partition coefficient (Wildman–Crippen LogP) is 4.72. The highest BCUT2D eigenvalue weighted by molar-refractivity contribution is 6.14. The Morgan fingerprint density at radius 2 is 1.76 bits per heavy atom. The number of aromatic nitrogens is 1. The number of amides is 2. The van der Waals surface area contributed by atoms with Crippen LogP contribution in [0.15, 0.2) is 73.1 Å². The van der Waals surface area contributed by atoms with Crippen LogP contribution in [0.1, 0.15) is 36.0 Å². The topological polar surface area (TPSA) is 93.1 Å². The third-order valence-electron chi connectivity index (χ3n) is 6.00. The molecule has 0 atom stereocenters. The molecular weight excluding hydrogens is 424 g/mol. The first-order valence-corrected chi connectivity index (χ1v) is 11.9. The van der Waals surface area contributed by atoms with E-state index in [1.54, 1.807) is 12.4 Å². The number of benzene rings is 2. The van der Waals surface area contributed by atoms with Crippen molar-refractivity contribution in [1.82, 2.24) is 15.2 Å². The summed E-state index contributed by atoms with van der Waals surface area (Å²) in [7, 11) is 0. The average molecular weight is 457 g/mol. The molecule has 4 rings (SSSR count). The smallest absolute Gasteiger partial charge is 0.319 e. The van der Waals surface area contributed by atoms with Crippen molar-refractivity contribution in [3.63, 3.8) is 0 Å². The fourth-order valence-electron chi connectivity index (χ4n) is 4.12. The molecule has 0 aliphatic carbocycles. The number of urea groups is 1. The number of likely N-dealkylation sites (tertiary alicyclic amines) is 1. The minimum Gasteiger partial charge on any atom is -0.383 e. The van der Waals surface area contributed by atoms with Gasteiger partial charge in [-0.1, -0.05) is 42.8 Å². The van der Waals surface area contributed by atoms with Crippen molar-refractivity contribution in [3.05, 3.63) is 89.7 Å². The summed E-state index contributed by atoms with van der Waals surface area (Å²) in [6.07, 6.45) is 7.35. The van der Waals surface area contributed by atoms with Crippen molar-refractivity contribution in [3.8, 4) is 0 Å². The van der Waals surface area contributed by atoms with Crippen LogP contribution >= 0.6 is 0 Å². The molecule has 1 aromatic heterocycles. The lowest BCUT2D eigenvalue weighted by molar-refractivity contribution is 0.237. The summed E-state index contributed by atoms with van der Waals surface area (Å²) in [4.78, 5) is 18.7. The number of rotatable bonds is 9. The molecular formula is C27H32N6O. The normalized spacial score (nSPS) is 13.8. The quantitative estimate of drug-likeness (QED) is 0.351. The van der Waals surface area contributed by atoms with Gasteiger partial charge in [-0.3, -0.25) is 10.4 Å². The number of nitrogens with zero attached hydrogens (tertiary/aromatic N) is 2. The second kappa shape index (κ2) is 12.0. The largest absolute Gasteiger partial charge is 0.383 e. The summed E-state index contributed by atoms with van der Waals surface area (Å²) in [5, 5.41) is 17.9. The van der Waals surface area contributed by atoms with E-state index in [4.69, 9.17) is 5.41 Å². The maximum absolute atomic E-state index is 12.2. The molecule has 0 radical (unpaired) electrons. The number of anilines is 2. The number of pyridine rings is 1. The minimum absolute atomic E-state index is 0.282. The summed E-state index contributed by atoms with van der Waals surface area (Å²) in [5.41, 5.74) is 4.70. The highest BCUT2D eigenvalue weighted by atomic mass is 16.2. The summed E-state index contributed by atoms with van der Waals surface area (Å²) >= 11 is 0. The summed E-state index contributed by atoms with van der Waals surface area (Å²) in [6.45, 7) is 4.65. The van der Waals surface area contributed by atoms with E-state index in [2.05, 4.69) is 25.8 Å². The molecule has 0 spiro atoms. The molecule has 0 unspecified atom stereocenters. The number of para-hydroxylation sites is 1. The average Bonchev–Trinajstić information content (AvgIpc) is 2.89. The van der Waals surface area contributed by atoms with Gasteiger partial charge in [0.2, 0.25) is 0 Å². The first-order chi connectivity index (χ1) is 16.7. The zero-order valence-corrected chi connectivity index (χ0v) is 19.4. The zero-order chi connectivity index (χ0) is 23.6. The summed E-state index contributed by atoms with van der Waals surface area (Å²) in [5.74, 6) is 0. The van der Waals surface area contributed by atoms with Crippen LogP contribution in [0, 0.1) is 5.41 Å². The SMILES string of the molecule is N=C(c1ccc(NC(=O)NCc2cccnc2)cc1)c1ccccc1NCCN1CCCCC1. The van der Waals surface area contributed by atoms with E-state index in [1.807, 2.05) is 60.7 Å². The third kappa shape index (κ3) is 6.65. The fraction of sp³-hybridized carbons (Fsp3) is 0.296. The standard InChI is InChI=1S/C27H32N6O/c28-26(24-8-2-3-9-25(24)30-15-18-33-16-4-1-5-17-33)22-10-12-23(13-11-22)32-27(34)31-20-21-7-6-14-29-19-21/h2-3,6-14,19,28,30H,1,4-5,15-18,20H2,(H2,31,32,34). The van der Waals surface area contributed by atoms with Crippen LogP contribution in [-0.2, 0) is 6.54 Å². The molecule has 7 heteroatoms. The van der Waals surface area contributed by atoms with Gasteiger partial charge in [0.25, 0.3) is 0 Å². The lowest BCUT2D eigenvalue weighted by Crippen LogP contribution is -2.33. The Bertz CT molecular complexity index is 1080. The maximum atomic E-state index is 12.2. The van der Waals surface area contributed by atoms with Gasteiger partial charge in [-0.25, -0.2) is 4.79 Å². The third-order valence-corrected chi connectivity index (χ3v) is 6.00. The summed E-state index contributed by atoms with van der Waals surface area (Å²) in [6, 6.07) is 18.8. The van der Waals surface area contributed by atoms with Crippen LogP contribution in [-0.4, -0.2) is 47.8 Å². The molecule has 176 valence electrons. The van der Waals surface area contributed by atoms with Crippen LogP contribution < -0.4 is 16.0 Å². The molecule has 1 aliphatic rings. The number of hydrogen-bond acceptors (Lipinski definition) is 5. The molecule has 1 fully saturated rings. The number of hydrogen-bond donors (Lipinski definition) is 4. The lowest BCUT2D eigenvalue weighted by atomic mass is 10.0. The monoisotopic (exact) mass is 456 g/mol. The molecule has 2 aromatic carbocycles. The van der Waals surface area contributed by atoms with Gasteiger partial charge < -0.3 is 20.9 Å². The molecule has 4 N–H and O–H groups in total. The van der Waals surface area contributed by atoms with Gasteiger partial charge in [-0.2, -0.15) is 0 Å². The first kappa shape index (κ1) is 23.4. The molecule has 1 saturated heterocycles. The summed E-state index contributed by atoms with van der Waals surface area (Å²) < 4.78 is 0. The minimum atomic E-state index is -0.282. The van der Waals surface area contributed by atoms with Gasteiger partial charge in [-0.05, 0) is 55.8 Å². The van der Waals surface area contributed by atoms with Crippen LogP contribution in [0.2, 0.25) is 0 Å². The Labute approximate surface area is 201 Å². The van der Waals surface area contributed by atoms with Crippen LogP contribution in [0.3, 0.4) is 0 Å². The van der Waals surface area contributed by atoms with E-state index in [9.17, 15) is 4.79 Å². The van der Waals surface area contributed by atoms with E-state index in [0.717, 1.165) is 35.5 Å². The first-order valence-electron chi connectivity index (χ1n) is 11.9. The predicted molar refractivity (Wildman–Crippen MR) is 138 cm³/mol. The Balaban J connectivity index is 1.31. The number of nitrogens with one attached hydrogen (secondary N) is 4. The van der Waals surface area contributed by atoms with Gasteiger partial charge in [0.05, 0.1) is 5.71 Å². The van der Waals surface area contributed by atoms with E-state index >= 15 is 0 Å². The second-order valence-electron chi connectivity index (χ2n) is 8.50. The van der Waals surface area contributed by atoms with E-state index in [1.165, 1.54) is 32.4 Å². The lowest BCUT2D eigenvalue weighted by Gasteiger charge is -2.26. The molecule has 7 nitrogen and oxygen atoms in total. The maximum Gasteiger partial charge on any atom is 0.319 e. The van der Waals surface area contributed by atoms with Gasteiger partial charge >= 0.3 is 6.03 Å². The van der Waals surface area contributed by atoms with Gasteiger partial charge in [0, 0.05) is 54.5 Å². The number of carbonyl (C=O) groups excluding carboxylic acids is 1. The fourth-order valence-corrected chi connectivity index (χ4v) is 4.12. The Morgan fingerprint density at radius 3 is 2.53 bits per heavy atom. The van der Waals surface area contributed by atoms with Crippen molar-refractivity contribution < 1.29 is 4.79 Å². The van der Waals surface area contributed by atoms with Crippen molar-refractivity contribution in [2.75, 3.05) is 36.8 Å². The van der Waals surface area contributed by atoms with E-state index in [-0.39, 0.29) is 6.03 Å². The number of carbonyl (C=O) groups is 1. The van der Waals surface area contributed by atoms with Crippen molar-refractivity contribution in [1.29, 1.82) is 5.41 Å². The Morgan fingerprint density at radius 1 is 0.971 bits per heavy atom. The van der Waals surface area contributed by atoms with E-state index < -0.39 is 0 Å². The molecule has 0 saturated carbocycles. The highest BCUT2D eigenvalue weighted by Crippen LogP contribution is 2.20. The van der Waals surface area contributed by atoms with Crippen molar-refractivity contribution in [2.45, 2.75) is 25.8 Å². The van der Waals surface area contributed by atoms with E-state index in [0.29, 0.717) is 17.9 Å². The molecule has 3 aromatic rings. The van der Waals surface area contributed by atoms with Crippen LogP contribution in [0.25, 0.3) is 0 Å². The highest BCUT2D eigenvalue weighted by Gasteiger charge is 2.12. The molecule has 2 heterocycles. The van der Waals surface area contributed by atoms with Crippen LogP contribution in [0.4, 0.5) is 16.2 Å². The van der Waals surface area contributed by atoms with Crippen molar-refractivity contribution >= 4 is 23.1 Å². The molecule has 1 aliphatic heterocycles. The zero-order valence-electron chi connectivity index (χ0n) is 19.4. The molecule has 2 amide bonds. The van der Waals surface area contributed by atoms with Crippen LogP contribution in [0.5, 0.6) is 0 Å². The van der Waals surface area contributed by atoms with Gasteiger partial charge in [0.1, 0.15) is 0 Å². The Hall–Kier alpha value is -3.71. The Kier molecular flexibility index (Phi) is 8.24. The second-order valence-corrected chi connectivity index (χ2v) is 8.50. The van der Waals surface area contributed by atoms with Gasteiger partial charge in [0.15, 0.2) is 0 Å². The molecule has 34 heavy (non-hydrogen) atoms. The van der Waals surface area contributed by atoms with Crippen molar-refractivity contribution in [2.24, 2.45) is 0 Å². The number of piperidine rings is 1. The molecule has 0 bridgehead atoms. The van der Waals surface area contributed by atoms with Gasteiger partial charge in [-0.15, -0.1) is 0 Å².